The second-order valence-electron chi connectivity index (χ2n) is 4.37. The number of aliphatic hydroxyl groups is 1. The Kier molecular flexibility index (Phi) is 2.29. The molecule has 0 saturated heterocycles. The van der Waals surface area contributed by atoms with E-state index in [2.05, 4.69) is 15.3 Å². The monoisotopic (exact) mass is 235 g/mol. The highest BCUT2D eigenvalue weighted by atomic mass is 32.1. The Balaban J connectivity index is 1.81. The van der Waals surface area contributed by atoms with Crippen LogP contribution in [0, 0.1) is 5.41 Å². The molecule has 2 aromatic heterocycles. The zero-order chi connectivity index (χ0) is 11.0. The fourth-order valence-corrected chi connectivity index (χ4v) is 2.50. The van der Waals surface area contributed by atoms with Gasteiger partial charge in [-0.1, -0.05) is 0 Å². The lowest BCUT2D eigenvalue weighted by molar-refractivity contribution is 0.219. The fraction of sp³-hybridized carbons (Fsp3) is 0.455. The van der Waals surface area contributed by atoms with Crippen LogP contribution in [0.5, 0.6) is 0 Å². The second kappa shape index (κ2) is 3.68. The van der Waals surface area contributed by atoms with Gasteiger partial charge >= 0.3 is 0 Å². The summed E-state index contributed by atoms with van der Waals surface area (Å²) in [5.41, 5.74) is 0.104. The zero-order valence-electron chi connectivity index (χ0n) is 8.81. The van der Waals surface area contributed by atoms with E-state index in [9.17, 15) is 5.11 Å². The van der Waals surface area contributed by atoms with Gasteiger partial charge in [-0.15, -0.1) is 11.3 Å². The van der Waals surface area contributed by atoms with Crippen molar-refractivity contribution < 1.29 is 5.11 Å². The SMILES string of the molecule is OCC1(CNc2ncnc3sccc23)CC1. The minimum atomic E-state index is 0.104. The van der Waals surface area contributed by atoms with Crippen LogP contribution in [-0.2, 0) is 0 Å². The van der Waals surface area contributed by atoms with Gasteiger partial charge in [0.25, 0.3) is 0 Å². The Morgan fingerprint density at radius 2 is 2.31 bits per heavy atom. The molecule has 0 aromatic carbocycles. The molecule has 1 saturated carbocycles. The fourth-order valence-electron chi connectivity index (χ4n) is 1.77. The summed E-state index contributed by atoms with van der Waals surface area (Å²) in [5.74, 6) is 0.881. The first-order valence-electron chi connectivity index (χ1n) is 5.36. The molecule has 1 aliphatic rings. The summed E-state index contributed by atoms with van der Waals surface area (Å²) in [6, 6.07) is 2.03. The number of hydrogen-bond donors (Lipinski definition) is 2. The third-order valence-corrected chi connectivity index (χ3v) is 4.01. The highest BCUT2D eigenvalue weighted by molar-refractivity contribution is 7.16. The first-order chi connectivity index (χ1) is 7.83. The standard InChI is InChI=1S/C11H13N3OS/c15-6-11(2-3-11)5-12-9-8-1-4-16-10(8)14-7-13-9/h1,4,7,15H,2-3,5-6H2,(H,12,13,14). The van der Waals surface area contributed by atoms with Gasteiger partial charge in [-0.2, -0.15) is 0 Å². The molecule has 0 unspecified atom stereocenters. The van der Waals surface area contributed by atoms with Crippen molar-refractivity contribution in [1.82, 2.24) is 9.97 Å². The predicted molar refractivity (Wildman–Crippen MR) is 64.7 cm³/mol. The minimum Gasteiger partial charge on any atom is -0.396 e. The first kappa shape index (κ1) is 9.99. The van der Waals surface area contributed by atoms with E-state index >= 15 is 0 Å². The van der Waals surface area contributed by atoms with Gasteiger partial charge in [-0.3, -0.25) is 0 Å². The van der Waals surface area contributed by atoms with Gasteiger partial charge in [0.15, 0.2) is 0 Å². The molecular weight excluding hydrogens is 222 g/mol. The number of hydrogen-bond acceptors (Lipinski definition) is 5. The lowest BCUT2D eigenvalue weighted by atomic mass is 10.1. The average molecular weight is 235 g/mol. The lowest BCUT2D eigenvalue weighted by Crippen LogP contribution is -2.19. The molecule has 0 spiro atoms. The molecule has 16 heavy (non-hydrogen) atoms. The predicted octanol–water partition coefficient (Wildman–Crippen LogP) is 1.88. The van der Waals surface area contributed by atoms with E-state index in [1.165, 1.54) is 0 Å². The number of nitrogens with one attached hydrogen (secondary N) is 1. The van der Waals surface area contributed by atoms with Gasteiger partial charge in [0, 0.05) is 12.0 Å². The molecule has 0 atom stereocenters. The molecule has 0 aliphatic heterocycles. The summed E-state index contributed by atoms with van der Waals surface area (Å²) < 4.78 is 0. The topological polar surface area (TPSA) is 58.0 Å². The molecule has 2 heterocycles. The van der Waals surface area contributed by atoms with E-state index in [1.807, 2.05) is 11.4 Å². The molecule has 0 bridgehead atoms. The molecule has 3 rings (SSSR count). The van der Waals surface area contributed by atoms with Crippen molar-refractivity contribution in [2.24, 2.45) is 5.41 Å². The molecule has 5 heteroatoms. The van der Waals surface area contributed by atoms with Crippen molar-refractivity contribution >= 4 is 27.4 Å². The third kappa shape index (κ3) is 1.66. The average Bonchev–Trinajstić information content (AvgIpc) is 2.94. The Labute approximate surface area is 97.4 Å². The summed E-state index contributed by atoms with van der Waals surface area (Å²) in [6.45, 7) is 1.06. The highest BCUT2D eigenvalue weighted by Crippen LogP contribution is 2.45. The van der Waals surface area contributed by atoms with Crippen LogP contribution in [-0.4, -0.2) is 28.2 Å². The van der Waals surface area contributed by atoms with E-state index in [4.69, 9.17) is 0 Å². The molecule has 1 aliphatic carbocycles. The van der Waals surface area contributed by atoms with Crippen LogP contribution < -0.4 is 5.32 Å². The summed E-state index contributed by atoms with van der Waals surface area (Å²) >= 11 is 1.62. The van der Waals surface area contributed by atoms with Gasteiger partial charge in [0.1, 0.15) is 17.0 Å². The molecule has 0 amide bonds. The maximum atomic E-state index is 9.24. The second-order valence-corrected chi connectivity index (χ2v) is 5.27. The van der Waals surface area contributed by atoms with Crippen LogP contribution in [0.4, 0.5) is 5.82 Å². The van der Waals surface area contributed by atoms with Crippen molar-refractivity contribution in [2.45, 2.75) is 12.8 Å². The molecule has 1 fully saturated rings. The first-order valence-corrected chi connectivity index (χ1v) is 6.24. The minimum absolute atomic E-state index is 0.104. The van der Waals surface area contributed by atoms with Gasteiger partial charge in [0.2, 0.25) is 0 Å². The van der Waals surface area contributed by atoms with E-state index in [0.717, 1.165) is 35.4 Å². The maximum Gasteiger partial charge on any atom is 0.138 e. The highest BCUT2D eigenvalue weighted by Gasteiger charge is 2.41. The van der Waals surface area contributed by atoms with Crippen LogP contribution in [0.15, 0.2) is 17.8 Å². The summed E-state index contributed by atoms with van der Waals surface area (Å²) in [6.07, 6.45) is 3.79. The van der Waals surface area contributed by atoms with Gasteiger partial charge < -0.3 is 10.4 Å². The largest absolute Gasteiger partial charge is 0.396 e. The molecule has 0 radical (unpaired) electrons. The smallest absolute Gasteiger partial charge is 0.138 e. The van der Waals surface area contributed by atoms with Crippen molar-refractivity contribution in [3.8, 4) is 0 Å². The van der Waals surface area contributed by atoms with Crippen LogP contribution in [0.25, 0.3) is 10.2 Å². The third-order valence-electron chi connectivity index (χ3n) is 3.19. The Bertz CT molecular complexity index is 507. The van der Waals surface area contributed by atoms with Gasteiger partial charge in [-0.05, 0) is 24.3 Å². The Morgan fingerprint density at radius 1 is 1.44 bits per heavy atom. The Hall–Kier alpha value is -1.20. The summed E-state index contributed by atoms with van der Waals surface area (Å²) in [7, 11) is 0. The number of aliphatic hydroxyl groups excluding tert-OH is 1. The van der Waals surface area contributed by atoms with Crippen LogP contribution in [0.2, 0.25) is 0 Å². The number of aromatic nitrogens is 2. The van der Waals surface area contributed by atoms with Crippen molar-refractivity contribution in [3.05, 3.63) is 17.8 Å². The molecule has 4 nitrogen and oxygen atoms in total. The maximum absolute atomic E-state index is 9.24. The number of thiophene rings is 1. The van der Waals surface area contributed by atoms with Crippen molar-refractivity contribution in [3.63, 3.8) is 0 Å². The van der Waals surface area contributed by atoms with E-state index in [0.29, 0.717) is 0 Å². The molecule has 2 N–H and O–H groups in total. The Morgan fingerprint density at radius 3 is 3.06 bits per heavy atom. The number of fused-ring (bicyclic) bond motifs is 1. The van der Waals surface area contributed by atoms with Crippen LogP contribution >= 0.6 is 11.3 Å². The lowest BCUT2D eigenvalue weighted by Gasteiger charge is -2.13. The number of nitrogens with zero attached hydrogens (tertiary/aromatic N) is 2. The van der Waals surface area contributed by atoms with Gasteiger partial charge in [-0.25, -0.2) is 9.97 Å². The quantitative estimate of drug-likeness (QED) is 0.849. The molecule has 84 valence electrons. The van der Waals surface area contributed by atoms with E-state index in [-0.39, 0.29) is 12.0 Å². The molecule has 2 aromatic rings. The van der Waals surface area contributed by atoms with Gasteiger partial charge in [0.05, 0.1) is 12.0 Å². The normalized spacial score (nSPS) is 17.6. The van der Waals surface area contributed by atoms with E-state index < -0.39 is 0 Å². The van der Waals surface area contributed by atoms with Crippen LogP contribution in [0.3, 0.4) is 0 Å². The van der Waals surface area contributed by atoms with Crippen molar-refractivity contribution in [1.29, 1.82) is 0 Å². The van der Waals surface area contributed by atoms with Crippen LogP contribution in [0.1, 0.15) is 12.8 Å². The number of anilines is 1. The van der Waals surface area contributed by atoms with E-state index in [1.54, 1.807) is 17.7 Å². The summed E-state index contributed by atoms with van der Waals surface area (Å²) in [5, 5.41) is 15.6. The molecular formula is C11H13N3OS. The number of rotatable bonds is 4. The summed E-state index contributed by atoms with van der Waals surface area (Å²) in [4.78, 5) is 9.45. The van der Waals surface area contributed by atoms with Crippen molar-refractivity contribution in [2.75, 3.05) is 18.5 Å². The zero-order valence-corrected chi connectivity index (χ0v) is 9.63.